The minimum absolute atomic E-state index is 0.0570. The van der Waals surface area contributed by atoms with Gasteiger partial charge < -0.3 is 4.90 Å². The molecule has 108 valence electrons. The monoisotopic (exact) mass is 277 g/mol. The first-order valence-corrected chi connectivity index (χ1v) is 6.76. The number of rotatable bonds is 4. The smallest absolute Gasteiger partial charge is 0.269 e. The van der Waals surface area contributed by atoms with Crippen LogP contribution in [0.2, 0.25) is 0 Å². The number of nitrogens with one attached hydrogen (secondary N) is 1. The number of nitrogens with zero attached hydrogens (tertiary/aromatic N) is 2. The number of carbonyl (C=O) groups excluding carboxylic acids is 1. The Morgan fingerprint density at radius 2 is 1.95 bits per heavy atom. The molecule has 1 saturated heterocycles. The van der Waals surface area contributed by atoms with Gasteiger partial charge in [-0.2, -0.15) is 0 Å². The number of benzene rings is 1. The van der Waals surface area contributed by atoms with Gasteiger partial charge in [0.1, 0.15) is 6.17 Å². The Labute approximate surface area is 117 Å². The molecule has 0 saturated carbocycles. The molecule has 1 aliphatic heterocycles. The molecule has 1 aromatic carbocycles. The maximum absolute atomic E-state index is 12.3. The molecule has 1 N–H and O–H groups in total. The van der Waals surface area contributed by atoms with Gasteiger partial charge in [0.15, 0.2) is 0 Å². The summed E-state index contributed by atoms with van der Waals surface area (Å²) in [5.41, 5.74) is 0.926. The van der Waals surface area contributed by atoms with Gasteiger partial charge in [0, 0.05) is 18.7 Å². The highest BCUT2D eigenvalue weighted by atomic mass is 16.6. The molecule has 1 heterocycles. The number of nitro groups is 1. The maximum atomic E-state index is 12.3. The van der Waals surface area contributed by atoms with Crippen LogP contribution < -0.4 is 5.32 Å². The second kappa shape index (κ2) is 5.58. The summed E-state index contributed by atoms with van der Waals surface area (Å²) in [5, 5.41) is 14.0. The zero-order valence-electron chi connectivity index (χ0n) is 11.9. The van der Waals surface area contributed by atoms with Gasteiger partial charge in [0.05, 0.1) is 11.0 Å². The van der Waals surface area contributed by atoms with Crippen LogP contribution in [0.5, 0.6) is 0 Å². The van der Waals surface area contributed by atoms with Crippen molar-refractivity contribution in [1.82, 2.24) is 10.2 Å². The summed E-state index contributed by atoms with van der Waals surface area (Å²) in [7, 11) is 0. The molecular formula is C14H19N3O3. The predicted molar refractivity (Wildman–Crippen MR) is 75.0 cm³/mol. The molecular weight excluding hydrogens is 258 g/mol. The first kappa shape index (κ1) is 14.5. The molecule has 0 bridgehead atoms. The van der Waals surface area contributed by atoms with E-state index in [-0.39, 0.29) is 29.7 Å². The van der Waals surface area contributed by atoms with Crippen molar-refractivity contribution >= 4 is 11.6 Å². The van der Waals surface area contributed by atoms with Crippen LogP contribution in [-0.4, -0.2) is 28.3 Å². The highest BCUT2D eigenvalue weighted by Gasteiger charge is 2.40. The number of non-ortho nitro benzene ring substituents is 1. The van der Waals surface area contributed by atoms with E-state index in [0.29, 0.717) is 6.54 Å². The zero-order valence-corrected chi connectivity index (χ0v) is 11.9. The van der Waals surface area contributed by atoms with Crippen LogP contribution in [0.3, 0.4) is 0 Å². The largest absolute Gasteiger partial charge is 0.322 e. The van der Waals surface area contributed by atoms with Gasteiger partial charge in [-0.1, -0.05) is 13.8 Å². The molecule has 0 aliphatic carbocycles. The second-order valence-corrected chi connectivity index (χ2v) is 5.26. The SMILES string of the molecule is CCN1C(=O)C(C(C)C)NC1c1ccc([N+](=O)[O-])cc1. The third-order valence-corrected chi connectivity index (χ3v) is 3.63. The van der Waals surface area contributed by atoms with Gasteiger partial charge in [-0.25, -0.2) is 0 Å². The van der Waals surface area contributed by atoms with Crippen LogP contribution in [0.15, 0.2) is 24.3 Å². The highest BCUT2D eigenvalue weighted by Crippen LogP contribution is 2.28. The Morgan fingerprint density at radius 1 is 1.35 bits per heavy atom. The molecule has 2 unspecified atom stereocenters. The average Bonchev–Trinajstić information content (AvgIpc) is 2.75. The topological polar surface area (TPSA) is 75.5 Å². The second-order valence-electron chi connectivity index (χ2n) is 5.26. The van der Waals surface area contributed by atoms with Crippen LogP contribution in [0.4, 0.5) is 5.69 Å². The third kappa shape index (κ3) is 2.51. The molecule has 0 aromatic heterocycles. The number of nitro benzene ring substituents is 1. The van der Waals surface area contributed by atoms with Crippen molar-refractivity contribution in [2.75, 3.05) is 6.54 Å². The van der Waals surface area contributed by atoms with E-state index >= 15 is 0 Å². The molecule has 20 heavy (non-hydrogen) atoms. The molecule has 0 radical (unpaired) electrons. The Kier molecular flexibility index (Phi) is 4.04. The molecule has 1 amide bonds. The first-order valence-electron chi connectivity index (χ1n) is 6.76. The Hall–Kier alpha value is -1.95. The Morgan fingerprint density at radius 3 is 2.40 bits per heavy atom. The molecule has 1 aliphatic rings. The van der Waals surface area contributed by atoms with Crippen LogP contribution in [0.25, 0.3) is 0 Å². The summed E-state index contributed by atoms with van der Waals surface area (Å²) in [5.74, 6) is 0.297. The van der Waals surface area contributed by atoms with Gasteiger partial charge in [-0.15, -0.1) is 0 Å². The van der Waals surface area contributed by atoms with Gasteiger partial charge in [0.25, 0.3) is 5.69 Å². The predicted octanol–water partition coefficient (Wildman–Crippen LogP) is 2.07. The minimum Gasteiger partial charge on any atom is -0.322 e. The minimum atomic E-state index is -0.425. The molecule has 1 aromatic rings. The van der Waals surface area contributed by atoms with Crippen LogP contribution in [0, 0.1) is 16.0 Å². The van der Waals surface area contributed by atoms with E-state index in [2.05, 4.69) is 5.32 Å². The van der Waals surface area contributed by atoms with Gasteiger partial charge in [-0.3, -0.25) is 20.2 Å². The normalized spacial score (nSPS) is 22.6. The lowest BCUT2D eigenvalue weighted by Gasteiger charge is -2.22. The fourth-order valence-electron chi connectivity index (χ4n) is 2.51. The van der Waals surface area contributed by atoms with Crippen molar-refractivity contribution in [3.05, 3.63) is 39.9 Å². The average molecular weight is 277 g/mol. The lowest BCUT2D eigenvalue weighted by atomic mass is 10.1. The van der Waals surface area contributed by atoms with E-state index in [1.807, 2.05) is 20.8 Å². The van der Waals surface area contributed by atoms with Crippen LogP contribution >= 0.6 is 0 Å². The van der Waals surface area contributed by atoms with E-state index in [0.717, 1.165) is 5.56 Å². The van der Waals surface area contributed by atoms with Crippen molar-refractivity contribution in [2.45, 2.75) is 33.0 Å². The number of hydrogen-bond acceptors (Lipinski definition) is 4. The molecule has 0 spiro atoms. The van der Waals surface area contributed by atoms with E-state index in [9.17, 15) is 14.9 Å². The van der Waals surface area contributed by atoms with Gasteiger partial charge >= 0.3 is 0 Å². The fraction of sp³-hybridized carbons (Fsp3) is 0.500. The first-order chi connectivity index (χ1) is 9.45. The van der Waals surface area contributed by atoms with Crippen LogP contribution in [0.1, 0.15) is 32.5 Å². The summed E-state index contributed by atoms with van der Waals surface area (Å²) in [4.78, 5) is 24.3. The van der Waals surface area contributed by atoms with Crippen molar-refractivity contribution in [2.24, 2.45) is 5.92 Å². The van der Waals surface area contributed by atoms with E-state index in [4.69, 9.17) is 0 Å². The number of likely N-dealkylation sites (N-methyl/N-ethyl adjacent to an activating group) is 1. The number of carbonyl (C=O) groups is 1. The third-order valence-electron chi connectivity index (χ3n) is 3.63. The lowest BCUT2D eigenvalue weighted by molar-refractivity contribution is -0.384. The Bertz CT molecular complexity index is 513. The van der Waals surface area contributed by atoms with E-state index in [1.54, 1.807) is 17.0 Å². The fourth-order valence-corrected chi connectivity index (χ4v) is 2.51. The zero-order chi connectivity index (χ0) is 14.9. The summed E-state index contributed by atoms with van der Waals surface area (Å²) in [6.45, 7) is 6.54. The molecule has 6 heteroatoms. The van der Waals surface area contributed by atoms with Crippen LogP contribution in [-0.2, 0) is 4.79 Å². The van der Waals surface area contributed by atoms with Gasteiger partial charge in [-0.05, 0) is 30.5 Å². The quantitative estimate of drug-likeness (QED) is 0.675. The summed E-state index contributed by atoms with van der Waals surface area (Å²) in [6, 6.07) is 6.15. The summed E-state index contributed by atoms with van der Waals surface area (Å²) >= 11 is 0. The maximum Gasteiger partial charge on any atom is 0.269 e. The standard InChI is InChI=1S/C14H19N3O3/c1-4-16-13(15-12(9(2)3)14(16)18)10-5-7-11(8-6-10)17(19)20/h5-9,12-13,15H,4H2,1-3H3. The molecule has 2 rings (SSSR count). The lowest BCUT2D eigenvalue weighted by Crippen LogP contribution is -2.34. The van der Waals surface area contributed by atoms with Crippen molar-refractivity contribution in [3.63, 3.8) is 0 Å². The van der Waals surface area contributed by atoms with Crippen molar-refractivity contribution in [3.8, 4) is 0 Å². The highest BCUT2D eigenvalue weighted by molar-refractivity contribution is 5.84. The summed E-state index contributed by atoms with van der Waals surface area (Å²) in [6.07, 6.45) is -0.208. The summed E-state index contributed by atoms with van der Waals surface area (Å²) < 4.78 is 0. The number of amides is 1. The van der Waals surface area contributed by atoms with E-state index < -0.39 is 4.92 Å². The van der Waals surface area contributed by atoms with Crippen molar-refractivity contribution in [1.29, 1.82) is 0 Å². The van der Waals surface area contributed by atoms with E-state index in [1.165, 1.54) is 12.1 Å². The van der Waals surface area contributed by atoms with Crippen molar-refractivity contribution < 1.29 is 9.72 Å². The molecule has 6 nitrogen and oxygen atoms in total. The van der Waals surface area contributed by atoms with Gasteiger partial charge in [0.2, 0.25) is 5.91 Å². The Balaban J connectivity index is 2.27. The molecule has 2 atom stereocenters. The number of hydrogen-bond donors (Lipinski definition) is 1. The molecule has 1 fully saturated rings.